The molecule has 0 radical (unpaired) electrons. The van der Waals surface area contributed by atoms with Crippen LogP contribution in [0.15, 0.2) is 18.2 Å². The molecule has 2 rings (SSSR count). The van der Waals surface area contributed by atoms with Gasteiger partial charge < -0.3 is 11.1 Å². The fraction of sp³-hybridized carbons (Fsp3) is 0.533. The zero-order valence-electron chi connectivity index (χ0n) is 11.7. The van der Waals surface area contributed by atoms with Crippen LogP contribution in [0, 0.1) is 12.7 Å². The first kappa shape index (κ1) is 16.9. The molecule has 1 aromatic carbocycles. The van der Waals surface area contributed by atoms with Crippen LogP contribution in [0.25, 0.3) is 0 Å². The van der Waals surface area contributed by atoms with E-state index in [0.29, 0.717) is 12.1 Å². The molecular formula is C15H22ClFN2O. The van der Waals surface area contributed by atoms with E-state index < -0.39 is 5.54 Å². The molecule has 0 spiro atoms. The first-order valence-electron chi connectivity index (χ1n) is 6.83. The molecule has 5 heteroatoms. The molecule has 0 saturated heterocycles. The van der Waals surface area contributed by atoms with Crippen LogP contribution in [0.2, 0.25) is 0 Å². The highest BCUT2D eigenvalue weighted by molar-refractivity contribution is 5.86. The second-order valence-corrected chi connectivity index (χ2v) is 5.48. The average Bonchev–Trinajstić information content (AvgIpc) is 2.40. The first-order chi connectivity index (χ1) is 9.01. The molecular weight excluding hydrogens is 279 g/mol. The van der Waals surface area contributed by atoms with Crippen LogP contribution in [0.5, 0.6) is 0 Å². The van der Waals surface area contributed by atoms with Gasteiger partial charge in [0, 0.05) is 6.54 Å². The number of nitrogens with one attached hydrogen (secondary N) is 1. The second-order valence-electron chi connectivity index (χ2n) is 5.48. The maximum absolute atomic E-state index is 13.1. The van der Waals surface area contributed by atoms with E-state index in [0.717, 1.165) is 37.7 Å². The summed E-state index contributed by atoms with van der Waals surface area (Å²) in [5.41, 5.74) is 6.92. The number of hydrogen-bond donors (Lipinski definition) is 2. The van der Waals surface area contributed by atoms with E-state index in [4.69, 9.17) is 5.73 Å². The monoisotopic (exact) mass is 300 g/mol. The number of carbonyl (C=O) groups is 1. The quantitative estimate of drug-likeness (QED) is 0.902. The van der Waals surface area contributed by atoms with Gasteiger partial charge in [-0.1, -0.05) is 31.4 Å². The van der Waals surface area contributed by atoms with Crippen molar-refractivity contribution in [3.63, 3.8) is 0 Å². The highest BCUT2D eigenvalue weighted by Crippen LogP contribution is 2.26. The van der Waals surface area contributed by atoms with Gasteiger partial charge in [-0.25, -0.2) is 4.39 Å². The van der Waals surface area contributed by atoms with Gasteiger partial charge in [-0.2, -0.15) is 0 Å². The lowest BCUT2D eigenvalue weighted by molar-refractivity contribution is -0.127. The van der Waals surface area contributed by atoms with Crippen molar-refractivity contribution >= 4 is 18.3 Å². The molecule has 1 amide bonds. The number of aryl methyl sites for hydroxylation is 1. The molecule has 20 heavy (non-hydrogen) atoms. The minimum absolute atomic E-state index is 0. The van der Waals surface area contributed by atoms with Gasteiger partial charge in [-0.15, -0.1) is 12.4 Å². The van der Waals surface area contributed by atoms with E-state index in [-0.39, 0.29) is 24.1 Å². The fourth-order valence-corrected chi connectivity index (χ4v) is 2.58. The average molecular weight is 301 g/mol. The smallest absolute Gasteiger partial charge is 0.240 e. The Kier molecular flexibility index (Phi) is 5.96. The third kappa shape index (κ3) is 3.93. The minimum atomic E-state index is -0.715. The Bertz CT molecular complexity index is 473. The summed E-state index contributed by atoms with van der Waals surface area (Å²) in [5, 5.41) is 2.87. The van der Waals surface area contributed by atoms with Gasteiger partial charge in [0.1, 0.15) is 5.82 Å². The number of amides is 1. The lowest BCUT2D eigenvalue weighted by Gasteiger charge is -2.31. The van der Waals surface area contributed by atoms with E-state index >= 15 is 0 Å². The Morgan fingerprint density at radius 1 is 1.35 bits per heavy atom. The zero-order valence-corrected chi connectivity index (χ0v) is 12.6. The van der Waals surface area contributed by atoms with Crippen LogP contribution in [0.3, 0.4) is 0 Å². The molecule has 0 bridgehead atoms. The van der Waals surface area contributed by atoms with Crippen molar-refractivity contribution in [2.24, 2.45) is 5.73 Å². The van der Waals surface area contributed by atoms with E-state index in [1.807, 2.05) is 0 Å². The molecule has 3 N–H and O–H groups in total. The van der Waals surface area contributed by atoms with Crippen molar-refractivity contribution < 1.29 is 9.18 Å². The van der Waals surface area contributed by atoms with E-state index in [1.54, 1.807) is 19.1 Å². The third-order valence-electron chi connectivity index (χ3n) is 3.87. The molecule has 0 aliphatic heterocycles. The van der Waals surface area contributed by atoms with Gasteiger partial charge in [0.15, 0.2) is 0 Å². The summed E-state index contributed by atoms with van der Waals surface area (Å²) in [6, 6.07) is 4.86. The summed E-state index contributed by atoms with van der Waals surface area (Å²) in [6.45, 7) is 2.12. The molecule has 0 aromatic heterocycles. The number of carbonyl (C=O) groups excluding carboxylic acids is 1. The number of rotatable bonds is 3. The summed E-state index contributed by atoms with van der Waals surface area (Å²) in [7, 11) is 0. The SMILES string of the molecule is Cc1cc(CNC(=O)C2(N)CCCCC2)ccc1F.Cl. The Morgan fingerprint density at radius 2 is 2.00 bits per heavy atom. The summed E-state index contributed by atoms with van der Waals surface area (Å²) in [6.07, 6.45) is 4.69. The second kappa shape index (κ2) is 7.04. The topological polar surface area (TPSA) is 55.1 Å². The molecule has 112 valence electrons. The van der Waals surface area contributed by atoms with Crippen LogP contribution >= 0.6 is 12.4 Å². The van der Waals surface area contributed by atoms with Gasteiger partial charge in [0.05, 0.1) is 5.54 Å². The standard InChI is InChI=1S/C15H21FN2O.ClH/c1-11-9-12(5-6-13(11)16)10-18-14(19)15(17)7-3-2-4-8-15;/h5-6,9H,2-4,7-8,10,17H2,1H3,(H,18,19);1H. The van der Waals surface area contributed by atoms with Gasteiger partial charge in [-0.05, 0) is 37.0 Å². The van der Waals surface area contributed by atoms with Gasteiger partial charge in [-0.3, -0.25) is 4.79 Å². The van der Waals surface area contributed by atoms with E-state index in [2.05, 4.69) is 5.32 Å². The maximum atomic E-state index is 13.1. The molecule has 0 heterocycles. The molecule has 0 atom stereocenters. The van der Waals surface area contributed by atoms with Crippen LogP contribution in [-0.2, 0) is 11.3 Å². The van der Waals surface area contributed by atoms with Crippen molar-refractivity contribution in [3.05, 3.63) is 35.1 Å². The largest absolute Gasteiger partial charge is 0.350 e. The van der Waals surface area contributed by atoms with Crippen molar-refractivity contribution in [1.29, 1.82) is 0 Å². The predicted molar refractivity (Wildman–Crippen MR) is 80.2 cm³/mol. The van der Waals surface area contributed by atoms with Gasteiger partial charge in [0.2, 0.25) is 5.91 Å². The van der Waals surface area contributed by atoms with Crippen molar-refractivity contribution in [2.45, 2.75) is 51.1 Å². The zero-order chi connectivity index (χ0) is 13.9. The number of hydrogen-bond acceptors (Lipinski definition) is 2. The van der Waals surface area contributed by atoms with Crippen molar-refractivity contribution in [1.82, 2.24) is 5.32 Å². The van der Waals surface area contributed by atoms with Crippen molar-refractivity contribution in [2.75, 3.05) is 0 Å². The molecule has 0 unspecified atom stereocenters. The third-order valence-corrected chi connectivity index (χ3v) is 3.87. The Balaban J connectivity index is 0.00000200. The molecule has 1 saturated carbocycles. The maximum Gasteiger partial charge on any atom is 0.240 e. The number of nitrogens with two attached hydrogens (primary N) is 1. The van der Waals surface area contributed by atoms with E-state index in [9.17, 15) is 9.18 Å². The summed E-state index contributed by atoms with van der Waals surface area (Å²) in [4.78, 5) is 12.1. The minimum Gasteiger partial charge on any atom is -0.350 e. The van der Waals surface area contributed by atoms with Gasteiger partial charge >= 0.3 is 0 Å². The number of benzene rings is 1. The predicted octanol–water partition coefficient (Wildman–Crippen LogP) is 2.83. The number of halogens is 2. The van der Waals surface area contributed by atoms with Crippen LogP contribution in [0.4, 0.5) is 4.39 Å². The van der Waals surface area contributed by atoms with Crippen LogP contribution < -0.4 is 11.1 Å². The molecule has 3 nitrogen and oxygen atoms in total. The molecule has 1 aliphatic rings. The van der Waals surface area contributed by atoms with Crippen LogP contribution in [-0.4, -0.2) is 11.4 Å². The summed E-state index contributed by atoms with van der Waals surface area (Å²) >= 11 is 0. The summed E-state index contributed by atoms with van der Waals surface area (Å²) < 4.78 is 13.1. The van der Waals surface area contributed by atoms with Gasteiger partial charge in [0.25, 0.3) is 0 Å². The highest BCUT2D eigenvalue weighted by atomic mass is 35.5. The van der Waals surface area contributed by atoms with Crippen molar-refractivity contribution in [3.8, 4) is 0 Å². The Labute approximate surface area is 125 Å². The molecule has 1 fully saturated rings. The summed E-state index contributed by atoms with van der Waals surface area (Å²) in [5.74, 6) is -0.313. The first-order valence-corrected chi connectivity index (χ1v) is 6.83. The normalized spacial score (nSPS) is 17.1. The fourth-order valence-electron chi connectivity index (χ4n) is 2.58. The Morgan fingerprint density at radius 3 is 2.60 bits per heavy atom. The molecule has 1 aliphatic carbocycles. The highest BCUT2D eigenvalue weighted by Gasteiger charge is 2.34. The van der Waals surface area contributed by atoms with E-state index in [1.165, 1.54) is 6.07 Å². The lowest BCUT2D eigenvalue weighted by atomic mass is 9.82. The lowest BCUT2D eigenvalue weighted by Crippen LogP contribution is -2.54. The Hall–Kier alpha value is -1.13. The van der Waals surface area contributed by atoms with Crippen LogP contribution in [0.1, 0.15) is 43.2 Å². The molecule has 1 aromatic rings.